The first-order valence-electron chi connectivity index (χ1n) is 6.88. The van der Waals surface area contributed by atoms with Gasteiger partial charge in [0.25, 0.3) is 0 Å². The lowest BCUT2D eigenvalue weighted by Gasteiger charge is -2.31. The first-order chi connectivity index (χ1) is 8.43. The van der Waals surface area contributed by atoms with Crippen molar-refractivity contribution in [1.82, 2.24) is 5.32 Å². The molecule has 0 radical (unpaired) electrons. The molecule has 0 saturated heterocycles. The Hall–Kier alpha value is -0.890. The molecule has 0 bridgehead atoms. The molecular weight excluding hydrogens is 225 g/mol. The van der Waals surface area contributed by atoms with Crippen LogP contribution in [0, 0.1) is 17.2 Å². The molecule has 1 unspecified atom stereocenters. The van der Waals surface area contributed by atoms with Gasteiger partial charge >= 0.3 is 0 Å². The monoisotopic (exact) mass is 251 g/mol. The number of nitrogens with one attached hydrogen (secondary N) is 1. The maximum atomic E-state index is 12.9. The second-order valence-corrected chi connectivity index (χ2v) is 6.10. The number of rotatable bonds is 6. The van der Waals surface area contributed by atoms with Crippen molar-refractivity contribution in [3.8, 4) is 0 Å². The molecule has 1 aromatic carbocycles. The van der Waals surface area contributed by atoms with E-state index in [1.165, 1.54) is 5.56 Å². The van der Waals surface area contributed by atoms with E-state index in [1.807, 2.05) is 12.1 Å². The molecule has 1 rings (SSSR count). The number of halogens is 1. The summed E-state index contributed by atoms with van der Waals surface area (Å²) in [6.07, 6.45) is 2.16. The first-order valence-corrected chi connectivity index (χ1v) is 6.88. The molecule has 0 fully saturated rings. The van der Waals surface area contributed by atoms with Crippen molar-refractivity contribution in [3.63, 3.8) is 0 Å². The third-order valence-corrected chi connectivity index (χ3v) is 3.44. The van der Waals surface area contributed by atoms with Crippen LogP contribution in [0.25, 0.3) is 0 Å². The smallest absolute Gasteiger partial charge is 0.123 e. The number of hydrogen-bond donors (Lipinski definition) is 1. The molecule has 0 aromatic heterocycles. The van der Waals surface area contributed by atoms with Crippen LogP contribution in [-0.2, 0) is 6.42 Å². The van der Waals surface area contributed by atoms with Crippen molar-refractivity contribution >= 4 is 0 Å². The normalized spacial score (nSPS) is 13.6. The standard InChI is InChI=1S/C16H26FN/c1-5-10-18-12-14(16(2,3)4)11-13-6-8-15(17)9-7-13/h6-9,14,18H,5,10-12H2,1-4H3. The third-order valence-electron chi connectivity index (χ3n) is 3.44. The lowest BCUT2D eigenvalue weighted by molar-refractivity contribution is 0.231. The highest BCUT2D eigenvalue weighted by Crippen LogP contribution is 2.28. The zero-order chi connectivity index (χ0) is 13.6. The molecule has 0 aliphatic rings. The Morgan fingerprint density at radius 2 is 1.78 bits per heavy atom. The summed E-state index contributed by atoms with van der Waals surface area (Å²) in [6.45, 7) is 11.1. The van der Waals surface area contributed by atoms with Crippen molar-refractivity contribution in [2.24, 2.45) is 11.3 Å². The van der Waals surface area contributed by atoms with Crippen LogP contribution in [0.2, 0.25) is 0 Å². The minimum atomic E-state index is -0.157. The summed E-state index contributed by atoms with van der Waals surface area (Å²) in [5, 5.41) is 3.50. The van der Waals surface area contributed by atoms with E-state index >= 15 is 0 Å². The SMILES string of the molecule is CCCNCC(Cc1ccc(F)cc1)C(C)(C)C. The van der Waals surface area contributed by atoms with Gasteiger partial charge in [-0.3, -0.25) is 0 Å². The van der Waals surface area contributed by atoms with Gasteiger partial charge in [0.1, 0.15) is 5.82 Å². The van der Waals surface area contributed by atoms with Gasteiger partial charge in [0, 0.05) is 0 Å². The zero-order valence-electron chi connectivity index (χ0n) is 12.1. The quantitative estimate of drug-likeness (QED) is 0.753. The Morgan fingerprint density at radius 1 is 1.17 bits per heavy atom. The van der Waals surface area contributed by atoms with E-state index in [0.29, 0.717) is 5.92 Å². The fraction of sp³-hybridized carbons (Fsp3) is 0.625. The van der Waals surface area contributed by atoms with Gasteiger partial charge in [-0.05, 0) is 55.0 Å². The molecule has 0 aliphatic heterocycles. The van der Waals surface area contributed by atoms with Gasteiger partial charge in [0.05, 0.1) is 0 Å². The van der Waals surface area contributed by atoms with Crippen molar-refractivity contribution in [2.75, 3.05) is 13.1 Å². The minimum Gasteiger partial charge on any atom is -0.316 e. The Kier molecular flexibility index (Phi) is 5.80. The summed E-state index contributed by atoms with van der Waals surface area (Å²) >= 11 is 0. The van der Waals surface area contributed by atoms with Crippen molar-refractivity contribution < 1.29 is 4.39 Å². The molecule has 0 heterocycles. The van der Waals surface area contributed by atoms with Gasteiger partial charge in [0.15, 0.2) is 0 Å². The molecule has 1 N–H and O–H groups in total. The van der Waals surface area contributed by atoms with Crippen LogP contribution in [0.1, 0.15) is 39.7 Å². The van der Waals surface area contributed by atoms with Crippen LogP contribution in [0.3, 0.4) is 0 Å². The summed E-state index contributed by atoms with van der Waals surface area (Å²) < 4.78 is 12.9. The maximum absolute atomic E-state index is 12.9. The van der Waals surface area contributed by atoms with Crippen molar-refractivity contribution in [2.45, 2.75) is 40.5 Å². The van der Waals surface area contributed by atoms with E-state index in [1.54, 1.807) is 12.1 Å². The molecule has 2 heteroatoms. The molecule has 1 aromatic rings. The van der Waals surface area contributed by atoms with Gasteiger partial charge < -0.3 is 5.32 Å². The van der Waals surface area contributed by atoms with Crippen LogP contribution >= 0.6 is 0 Å². The highest BCUT2D eigenvalue weighted by Gasteiger charge is 2.24. The first kappa shape index (κ1) is 15.2. The maximum Gasteiger partial charge on any atom is 0.123 e. The summed E-state index contributed by atoms with van der Waals surface area (Å²) in [4.78, 5) is 0. The number of hydrogen-bond acceptors (Lipinski definition) is 1. The zero-order valence-corrected chi connectivity index (χ0v) is 12.1. The Labute approximate surface area is 111 Å². The van der Waals surface area contributed by atoms with Crippen LogP contribution in [-0.4, -0.2) is 13.1 Å². The van der Waals surface area contributed by atoms with Crippen molar-refractivity contribution in [3.05, 3.63) is 35.6 Å². The molecule has 1 atom stereocenters. The number of benzene rings is 1. The van der Waals surface area contributed by atoms with Gasteiger partial charge in [-0.25, -0.2) is 4.39 Å². The van der Waals surface area contributed by atoms with E-state index in [9.17, 15) is 4.39 Å². The molecule has 102 valence electrons. The van der Waals surface area contributed by atoms with Crippen LogP contribution in [0.15, 0.2) is 24.3 Å². The summed E-state index contributed by atoms with van der Waals surface area (Å²) in [5.41, 5.74) is 1.48. The highest BCUT2D eigenvalue weighted by molar-refractivity contribution is 5.17. The third kappa shape index (κ3) is 5.18. The van der Waals surface area contributed by atoms with E-state index in [2.05, 4.69) is 33.0 Å². The van der Waals surface area contributed by atoms with Crippen LogP contribution in [0.5, 0.6) is 0 Å². The summed E-state index contributed by atoms with van der Waals surface area (Å²) in [7, 11) is 0. The minimum absolute atomic E-state index is 0.157. The van der Waals surface area contributed by atoms with Crippen molar-refractivity contribution in [1.29, 1.82) is 0 Å². The predicted octanol–water partition coefficient (Wildman–Crippen LogP) is 4.03. The predicted molar refractivity (Wildman–Crippen MR) is 76.2 cm³/mol. The molecule has 1 nitrogen and oxygen atoms in total. The van der Waals surface area contributed by atoms with Crippen LogP contribution < -0.4 is 5.32 Å². The van der Waals surface area contributed by atoms with Crippen LogP contribution in [0.4, 0.5) is 4.39 Å². The average Bonchev–Trinajstić information content (AvgIpc) is 2.29. The molecule has 0 spiro atoms. The van der Waals surface area contributed by atoms with E-state index < -0.39 is 0 Å². The summed E-state index contributed by atoms with van der Waals surface area (Å²) in [5.74, 6) is 0.407. The van der Waals surface area contributed by atoms with E-state index in [4.69, 9.17) is 0 Å². The van der Waals surface area contributed by atoms with Gasteiger partial charge in [-0.2, -0.15) is 0 Å². The van der Waals surface area contributed by atoms with Gasteiger partial charge in [-0.1, -0.05) is 39.8 Å². The second-order valence-electron chi connectivity index (χ2n) is 6.10. The fourth-order valence-corrected chi connectivity index (χ4v) is 2.04. The molecule has 18 heavy (non-hydrogen) atoms. The Bertz CT molecular complexity index is 337. The largest absolute Gasteiger partial charge is 0.316 e. The molecular formula is C16H26FN. The van der Waals surface area contributed by atoms with E-state index in [0.717, 1.165) is 25.9 Å². The Balaban J connectivity index is 2.63. The lowest BCUT2D eigenvalue weighted by Crippen LogP contribution is -2.33. The second kappa shape index (κ2) is 6.89. The molecule has 0 amide bonds. The Morgan fingerprint density at radius 3 is 2.28 bits per heavy atom. The van der Waals surface area contributed by atoms with Gasteiger partial charge in [-0.15, -0.1) is 0 Å². The highest BCUT2D eigenvalue weighted by atomic mass is 19.1. The molecule has 0 saturated carbocycles. The lowest BCUT2D eigenvalue weighted by atomic mass is 9.77. The van der Waals surface area contributed by atoms with Gasteiger partial charge in [0.2, 0.25) is 0 Å². The average molecular weight is 251 g/mol. The summed E-state index contributed by atoms with van der Waals surface area (Å²) in [6, 6.07) is 6.89. The molecule has 0 aliphatic carbocycles. The fourth-order valence-electron chi connectivity index (χ4n) is 2.04. The van der Waals surface area contributed by atoms with E-state index in [-0.39, 0.29) is 11.2 Å². The topological polar surface area (TPSA) is 12.0 Å².